The van der Waals surface area contributed by atoms with E-state index in [4.69, 9.17) is 0 Å². The van der Waals surface area contributed by atoms with Crippen molar-refractivity contribution in [2.75, 3.05) is 4.90 Å². The van der Waals surface area contributed by atoms with Crippen molar-refractivity contribution in [2.24, 2.45) is 0 Å². The van der Waals surface area contributed by atoms with Gasteiger partial charge in [0.15, 0.2) is 0 Å². The van der Waals surface area contributed by atoms with Gasteiger partial charge in [0.2, 0.25) is 0 Å². The minimum atomic E-state index is -0.337. The van der Waals surface area contributed by atoms with Gasteiger partial charge in [-0.3, -0.25) is 0 Å². The summed E-state index contributed by atoms with van der Waals surface area (Å²) in [7, 11) is 0. The molecule has 0 saturated carbocycles. The highest BCUT2D eigenvalue weighted by molar-refractivity contribution is 14.1. The van der Waals surface area contributed by atoms with Gasteiger partial charge >= 0.3 is 0 Å². The van der Waals surface area contributed by atoms with Gasteiger partial charge in [0.25, 0.3) is 0 Å². The number of allylic oxidation sites excluding steroid dienone is 5. The molecule has 0 saturated heterocycles. The highest BCUT2D eigenvalue weighted by Crippen LogP contribution is 2.47. The monoisotopic (exact) mass is 930 g/mol. The molecule has 3 heteroatoms. The first-order valence-electron chi connectivity index (χ1n) is 22.1. The summed E-state index contributed by atoms with van der Waals surface area (Å²) >= 11 is 2.69. The number of anilines is 1. The molecule has 0 bridgehead atoms. The second kappa shape index (κ2) is 15.5. The zero-order valence-corrected chi connectivity index (χ0v) is 37.6. The summed E-state index contributed by atoms with van der Waals surface area (Å²) < 4.78 is 2.04. The number of benzene rings is 9. The van der Waals surface area contributed by atoms with Gasteiger partial charge in [-0.15, -0.1) is 0 Å². The molecule has 1 heterocycles. The fourth-order valence-electron chi connectivity index (χ4n) is 9.93. The molecule has 304 valence electrons. The van der Waals surface area contributed by atoms with Crippen LogP contribution in [0, 0.1) is 0 Å². The number of aromatic nitrogens is 1. The molecule has 0 spiro atoms. The van der Waals surface area contributed by atoms with Gasteiger partial charge < -0.3 is 9.47 Å². The van der Waals surface area contributed by atoms with E-state index in [1.54, 1.807) is 0 Å². The average Bonchev–Trinajstić information content (AvgIpc) is 3.95. The summed E-state index contributed by atoms with van der Waals surface area (Å²) in [6.45, 7) is 2.26. The Morgan fingerprint density at radius 1 is 0.531 bits per heavy atom. The van der Waals surface area contributed by atoms with Crippen molar-refractivity contribution in [3.05, 3.63) is 253 Å². The van der Waals surface area contributed by atoms with Crippen LogP contribution in [-0.4, -0.2) is 8.11 Å². The first-order valence-corrected chi connectivity index (χ1v) is 23.2. The molecule has 1 aromatic heterocycles. The topological polar surface area (TPSA) is 8.17 Å². The number of halogens is 1. The SMILES string of the molecule is C/C(=C\C=C1\c2ccc(-c3cccc4ccccc34)cc21)N(c1ccc(-c2ccc3ccccc3c2)cc1)[C@@]1(I)C=CC(c2ccc3c(c2)c2ccccc2n3-c2ccccc2)=CC1. The molecule has 64 heavy (non-hydrogen) atoms. The first-order chi connectivity index (χ1) is 31.5. The van der Waals surface area contributed by atoms with Crippen LogP contribution in [0.15, 0.2) is 236 Å². The van der Waals surface area contributed by atoms with Crippen molar-refractivity contribution < 1.29 is 0 Å². The van der Waals surface area contributed by atoms with Crippen LogP contribution in [0.5, 0.6) is 0 Å². The van der Waals surface area contributed by atoms with Crippen LogP contribution in [0.4, 0.5) is 5.69 Å². The predicted octanol–water partition coefficient (Wildman–Crippen LogP) is 16.8. The highest BCUT2D eigenvalue weighted by atomic mass is 127. The Labute approximate surface area is 387 Å². The summed E-state index contributed by atoms with van der Waals surface area (Å²) in [5.74, 6) is 0. The number of para-hydroxylation sites is 2. The van der Waals surface area contributed by atoms with Gasteiger partial charge in [-0.2, -0.15) is 0 Å². The number of hydrogen-bond acceptors (Lipinski definition) is 1. The molecular weight excluding hydrogens is 888 g/mol. The van der Waals surface area contributed by atoms with E-state index in [1.807, 2.05) is 0 Å². The van der Waals surface area contributed by atoms with E-state index < -0.39 is 0 Å². The van der Waals surface area contributed by atoms with Gasteiger partial charge in [-0.05, 0) is 168 Å². The van der Waals surface area contributed by atoms with Crippen LogP contribution in [-0.2, 0) is 0 Å². The summed E-state index contributed by atoms with van der Waals surface area (Å²) in [5.41, 5.74) is 17.4. The van der Waals surface area contributed by atoms with E-state index in [-0.39, 0.29) is 3.55 Å². The molecule has 12 rings (SSSR count). The number of fused-ring (bicyclic) bond motifs is 6. The third-order valence-electron chi connectivity index (χ3n) is 13.2. The number of alkyl halides is 1. The lowest BCUT2D eigenvalue weighted by atomic mass is 9.94. The Kier molecular flexibility index (Phi) is 9.34. The van der Waals surface area contributed by atoms with E-state index in [0.29, 0.717) is 0 Å². The second-order valence-electron chi connectivity index (χ2n) is 17.1. The summed E-state index contributed by atoms with van der Waals surface area (Å²) in [4.78, 5) is 2.52. The minimum Gasteiger partial charge on any atom is -0.327 e. The maximum atomic E-state index is 2.69. The summed E-state index contributed by atoms with van der Waals surface area (Å²) in [5, 5.41) is 7.60. The Balaban J connectivity index is 0.886. The third kappa shape index (κ3) is 6.70. The van der Waals surface area contributed by atoms with Crippen molar-refractivity contribution in [3.8, 4) is 27.9 Å². The van der Waals surface area contributed by atoms with Crippen LogP contribution in [0.3, 0.4) is 0 Å². The fraction of sp³-hybridized carbons (Fsp3) is 0.0492. The molecule has 0 amide bonds. The van der Waals surface area contributed by atoms with Crippen LogP contribution in [0.1, 0.15) is 30.0 Å². The molecular formula is C61H43IN2. The quantitative estimate of drug-likeness (QED) is 0.0837. The standard InChI is InChI=1S/C61H43IN2/c1-41(22-31-54-55-32-27-49(40-57(54)55)53-20-11-15-45-13-7-8-18-52(45)53)64(51-29-25-43(26-30-51)47-24-23-42-12-5-6-14-46(42)38-47)61(62)36-34-44(35-37-61)48-28-33-60-58(39-48)56-19-9-10-21-59(56)63(60)50-16-3-2-4-17-50/h2-36,38-40H,37H2,1H3/b41-22+,54-31-/t61-/m0/s1. The Bertz CT molecular complexity index is 3600. The lowest BCUT2D eigenvalue weighted by Crippen LogP contribution is -2.41. The van der Waals surface area contributed by atoms with E-state index in [2.05, 4.69) is 270 Å². The number of hydrogen-bond donors (Lipinski definition) is 0. The predicted molar refractivity (Wildman–Crippen MR) is 281 cm³/mol. The van der Waals surface area contributed by atoms with Crippen molar-refractivity contribution in [1.29, 1.82) is 0 Å². The zero-order chi connectivity index (χ0) is 42.8. The second-order valence-corrected chi connectivity index (χ2v) is 18.9. The lowest BCUT2D eigenvalue weighted by molar-refractivity contribution is 0.728. The molecule has 0 fully saturated rings. The third-order valence-corrected chi connectivity index (χ3v) is 14.5. The van der Waals surface area contributed by atoms with E-state index in [9.17, 15) is 0 Å². The largest absolute Gasteiger partial charge is 0.327 e. The van der Waals surface area contributed by atoms with Crippen molar-refractivity contribution in [1.82, 2.24) is 4.57 Å². The molecule has 2 nitrogen and oxygen atoms in total. The first kappa shape index (κ1) is 38.5. The minimum absolute atomic E-state index is 0.337. The van der Waals surface area contributed by atoms with Gasteiger partial charge in [0.1, 0.15) is 3.55 Å². The van der Waals surface area contributed by atoms with Crippen molar-refractivity contribution >= 4 is 82.8 Å². The van der Waals surface area contributed by atoms with Crippen LogP contribution < -0.4 is 4.90 Å². The van der Waals surface area contributed by atoms with E-state index in [0.717, 1.165) is 12.1 Å². The Hall–Kier alpha value is -7.21. The van der Waals surface area contributed by atoms with Gasteiger partial charge in [0, 0.05) is 34.3 Å². The smallest absolute Gasteiger partial charge is 0.118 e. The number of rotatable bonds is 8. The highest BCUT2D eigenvalue weighted by Gasteiger charge is 2.34. The maximum absolute atomic E-state index is 2.69. The van der Waals surface area contributed by atoms with Crippen LogP contribution in [0.2, 0.25) is 0 Å². The normalized spacial score (nSPS) is 16.4. The molecule has 0 unspecified atom stereocenters. The van der Waals surface area contributed by atoms with Crippen LogP contribution >= 0.6 is 22.6 Å². The van der Waals surface area contributed by atoms with Crippen molar-refractivity contribution in [3.63, 3.8) is 0 Å². The molecule has 0 aliphatic heterocycles. The van der Waals surface area contributed by atoms with Gasteiger partial charge in [-0.25, -0.2) is 0 Å². The molecule has 2 aliphatic rings. The fourth-order valence-corrected chi connectivity index (χ4v) is 11.0. The Morgan fingerprint density at radius 3 is 2.05 bits per heavy atom. The van der Waals surface area contributed by atoms with Crippen molar-refractivity contribution in [2.45, 2.75) is 16.9 Å². The Morgan fingerprint density at radius 2 is 1.22 bits per heavy atom. The van der Waals surface area contributed by atoms with Crippen LogP contribution in [0.25, 0.3) is 82.4 Å². The lowest BCUT2D eigenvalue weighted by Gasteiger charge is -2.41. The molecule has 1 atom stereocenters. The summed E-state index contributed by atoms with van der Waals surface area (Å²) in [6, 6.07) is 73.1. The summed E-state index contributed by atoms with van der Waals surface area (Å²) in [6.07, 6.45) is 12.6. The number of nitrogens with zero attached hydrogens (tertiary/aromatic N) is 2. The molecule has 0 radical (unpaired) electrons. The maximum Gasteiger partial charge on any atom is 0.118 e. The van der Waals surface area contributed by atoms with Gasteiger partial charge in [-0.1, -0.05) is 164 Å². The molecule has 10 aromatic rings. The molecule has 9 aromatic carbocycles. The van der Waals surface area contributed by atoms with E-state index >= 15 is 0 Å². The average molecular weight is 931 g/mol. The van der Waals surface area contributed by atoms with E-state index in [1.165, 1.54) is 105 Å². The van der Waals surface area contributed by atoms with Gasteiger partial charge in [0.05, 0.1) is 11.0 Å². The molecule has 0 N–H and O–H groups in total. The zero-order valence-electron chi connectivity index (χ0n) is 35.4. The molecule has 2 aliphatic carbocycles.